The molecular formula is C10H12N. The summed E-state index contributed by atoms with van der Waals surface area (Å²) in [6, 6.07) is 6.06. The molecule has 1 radical (unpaired) electrons. The number of hydrogen-bond acceptors (Lipinski definition) is 1. The zero-order chi connectivity index (χ0) is 7.52. The molecule has 0 aromatic carbocycles. The molecule has 57 valence electrons. The minimum Gasteiger partial charge on any atom is -0.261 e. The summed E-state index contributed by atoms with van der Waals surface area (Å²) >= 11 is 0. The summed E-state index contributed by atoms with van der Waals surface area (Å²) in [4.78, 5) is 4.24. The number of nitrogens with zero attached hydrogens (tertiary/aromatic N) is 1. The van der Waals surface area contributed by atoms with E-state index in [-0.39, 0.29) is 0 Å². The Bertz CT molecular complexity index is 214. The Hall–Kier alpha value is -0.850. The van der Waals surface area contributed by atoms with Gasteiger partial charge < -0.3 is 0 Å². The zero-order valence-electron chi connectivity index (χ0n) is 6.53. The molecule has 0 unspecified atom stereocenters. The van der Waals surface area contributed by atoms with E-state index in [1.807, 2.05) is 18.3 Å². The van der Waals surface area contributed by atoms with Crippen molar-refractivity contribution in [2.24, 2.45) is 5.92 Å². The van der Waals surface area contributed by atoms with E-state index in [2.05, 4.69) is 17.5 Å². The summed E-state index contributed by atoms with van der Waals surface area (Å²) in [7, 11) is 0. The highest BCUT2D eigenvalue weighted by molar-refractivity contribution is 5.15. The molecule has 0 N–H and O–H groups in total. The summed E-state index contributed by atoms with van der Waals surface area (Å²) < 4.78 is 0. The van der Waals surface area contributed by atoms with Crippen LogP contribution in [0.4, 0.5) is 0 Å². The number of aromatic nitrogens is 1. The molecule has 0 aliphatic heterocycles. The Kier molecular flexibility index (Phi) is 1.89. The van der Waals surface area contributed by atoms with Crippen LogP contribution in [0.3, 0.4) is 0 Å². The predicted molar refractivity (Wildman–Crippen MR) is 45.0 cm³/mol. The highest BCUT2D eigenvalue weighted by Crippen LogP contribution is 2.30. The maximum Gasteiger partial charge on any atom is 0.0444 e. The predicted octanol–water partition coefficient (Wildman–Crippen LogP) is 2.43. The van der Waals surface area contributed by atoms with Crippen LogP contribution in [0.2, 0.25) is 0 Å². The van der Waals surface area contributed by atoms with E-state index in [0.717, 1.165) is 11.6 Å². The molecule has 1 heteroatoms. The van der Waals surface area contributed by atoms with E-state index >= 15 is 0 Å². The van der Waals surface area contributed by atoms with Crippen LogP contribution >= 0.6 is 0 Å². The third kappa shape index (κ3) is 1.59. The number of rotatable bonds is 2. The van der Waals surface area contributed by atoms with Gasteiger partial charge in [0.25, 0.3) is 0 Å². The molecule has 0 amide bonds. The summed E-state index contributed by atoms with van der Waals surface area (Å²) in [5.41, 5.74) is 1.14. The summed E-state index contributed by atoms with van der Waals surface area (Å²) in [6.45, 7) is 0. The maximum atomic E-state index is 4.24. The van der Waals surface area contributed by atoms with Crippen molar-refractivity contribution in [3.63, 3.8) is 0 Å². The second-order valence-corrected chi connectivity index (χ2v) is 3.11. The molecule has 1 heterocycles. The smallest absolute Gasteiger partial charge is 0.0444 e. The van der Waals surface area contributed by atoms with Crippen LogP contribution in [0, 0.1) is 12.3 Å². The monoisotopic (exact) mass is 146 g/mol. The van der Waals surface area contributed by atoms with Gasteiger partial charge in [0.1, 0.15) is 0 Å². The zero-order valence-corrected chi connectivity index (χ0v) is 6.53. The van der Waals surface area contributed by atoms with E-state index in [0.29, 0.717) is 0 Å². The third-order valence-corrected chi connectivity index (χ3v) is 2.24. The van der Waals surface area contributed by atoms with E-state index in [1.165, 1.54) is 19.3 Å². The average Bonchev–Trinajstić information content (AvgIpc) is 1.99. The van der Waals surface area contributed by atoms with E-state index < -0.39 is 0 Å². The molecule has 11 heavy (non-hydrogen) atoms. The Morgan fingerprint density at radius 3 is 2.82 bits per heavy atom. The summed E-state index contributed by atoms with van der Waals surface area (Å²) in [5.74, 6) is 0.810. The van der Waals surface area contributed by atoms with Gasteiger partial charge in [-0.15, -0.1) is 0 Å². The first-order valence-corrected chi connectivity index (χ1v) is 4.21. The van der Waals surface area contributed by atoms with Crippen molar-refractivity contribution in [2.75, 3.05) is 0 Å². The van der Waals surface area contributed by atoms with Gasteiger partial charge in [-0.25, -0.2) is 0 Å². The topological polar surface area (TPSA) is 12.9 Å². The normalized spacial score (nSPS) is 17.8. The van der Waals surface area contributed by atoms with Crippen molar-refractivity contribution in [3.8, 4) is 0 Å². The lowest BCUT2D eigenvalue weighted by atomic mass is 9.82. The fraction of sp³-hybridized carbons (Fsp3) is 0.400. The highest BCUT2D eigenvalue weighted by atomic mass is 14.7. The Labute approximate surface area is 67.5 Å². The van der Waals surface area contributed by atoms with Crippen molar-refractivity contribution in [3.05, 3.63) is 36.5 Å². The van der Waals surface area contributed by atoms with Crippen molar-refractivity contribution in [1.82, 2.24) is 4.98 Å². The Morgan fingerprint density at radius 1 is 1.36 bits per heavy atom. The van der Waals surface area contributed by atoms with Crippen LogP contribution in [-0.2, 0) is 0 Å². The van der Waals surface area contributed by atoms with E-state index in [4.69, 9.17) is 0 Å². The van der Waals surface area contributed by atoms with Gasteiger partial charge in [-0.2, -0.15) is 0 Å². The van der Waals surface area contributed by atoms with Crippen LogP contribution in [-0.4, -0.2) is 4.98 Å². The first-order valence-electron chi connectivity index (χ1n) is 4.21. The van der Waals surface area contributed by atoms with Crippen LogP contribution in [0.25, 0.3) is 0 Å². The van der Waals surface area contributed by atoms with Gasteiger partial charge in [0, 0.05) is 18.3 Å². The summed E-state index contributed by atoms with van der Waals surface area (Å²) in [6.07, 6.45) is 8.25. The molecule has 1 saturated carbocycles. The minimum atomic E-state index is 0.810. The standard InChI is InChI=1S/C10H12N/c1-2-7-11-10(6-1)8-9-4-3-5-9/h1-2,6-9H,3-5H2. The first-order chi connectivity index (χ1) is 5.45. The lowest BCUT2D eigenvalue weighted by Gasteiger charge is -2.24. The molecule has 0 spiro atoms. The Morgan fingerprint density at radius 2 is 2.27 bits per heavy atom. The molecular weight excluding hydrogens is 134 g/mol. The molecule has 1 aliphatic rings. The van der Waals surface area contributed by atoms with Gasteiger partial charge in [-0.1, -0.05) is 12.5 Å². The highest BCUT2D eigenvalue weighted by Gasteiger charge is 2.17. The molecule has 0 saturated heterocycles. The molecule has 1 aromatic rings. The molecule has 1 aromatic heterocycles. The van der Waals surface area contributed by atoms with Crippen molar-refractivity contribution >= 4 is 0 Å². The van der Waals surface area contributed by atoms with Gasteiger partial charge in [0.2, 0.25) is 0 Å². The fourth-order valence-electron chi connectivity index (χ4n) is 1.32. The van der Waals surface area contributed by atoms with Crippen LogP contribution in [0.15, 0.2) is 24.4 Å². The van der Waals surface area contributed by atoms with Gasteiger partial charge >= 0.3 is 0 Å². The first kappa shape index (κ1) is 6.84. The van der Waals surface area contributed by atoms with Crippen molar-refractivity contribution in [1.29, 1.82) is 0 Å². The lowest BCUT2D eigenvalue weighted by molar-refractivity contribution is 0.366. The second-order valence-electron chi connectivity index (χ2n) is 3.11. The fourth-order valence-corrected chi connectivity index (χ4v) is 1.32. The van der Waals surface area contributed by atoms with E-state index in [1.54, 1.807) is 0 Å². The molecule has 0 bridgehead atoms. The largest absolute Gasteiger partial charge is 0.261 e. The maximum absolute atomic E-state index is 4.24. The number of pyridine rings is 1. The molecule has 1 aliphatic carbocycles. The molecule has 2 rings (SSSR count). The SMILES string of the molecule is [CH](c1ccccn1)C1CCC1. The lowest BCUT2D eigenvalue weighted by Crippen LogP contribution is -2.12. The third-order valence-electron chi connectivity index (χ3n) is 2.24. The van der Waals surface area contributed by atoms with Gasteiger partial charge in [-0.05, 0) is 30.9 Å². The quantitative estimate of drug-likeness (QED) is 0.624. The molecule has 0 atom stereocenters. The van der Waals surface area contributed by atoms with Gasteiger partial charge in [-0.3, -0.25) is 4.98 Å². The minimum absolute atomic E-state index is 0.810. The summed E-state index contributed by atoms with van der Waals surface area (Å²) in [5, 5.41) is 0. The van der Waals surface area contributed by atoms with Crippen molar-refractivity contribution < 1.29 is 0 Å². The average molecular weight is 146 g/mol. The second kappa shape index (κ2) is 3.04. The van der Waals surface area contributed by atoms with Crippen molar-refractivity contribution in [2.45, 2.75) is 19.3 Å². The van der Waals surface area contributed by atoms with Crippen LogP contribution in [0.1, 0.15) is 25.0 Å². The molecule has 1 nitrogen and oxygen atoms in total. The van der Waals surface area contributed by atoms with Crippen LogP contribution in [0.5, 0.6) is 0 Å². The van der Waals surface area contributed by atoms with E-state index in [9.17, 15) is 0 Å². The van der Waals surface area contributed by atoms with Gasteiger partial charge in [0.15, 0.2) is 0 Å². The van der Waals surface area contributed by atoms with Gasteiger partial charge in [0.05, 0.1) is 0 Å². The number of hydrogen-bond donors (Lipinski definition) is 0. The Balaban J connectivity index is 1.95. The molecule has 1 fully saturated rings. The van der Waals surface area contributed by atoms with Crippen LogP contribution < -0.4 is 0 Å².